The van der Waals surface area contributed by atoms with Crippen LogP contribution in [-0.2, 0) is 9.47 Å². The molecule has 1 fully saturated rings. The zero-order chi connectivity index (χ0) is 12.7. The van der Waals surface area contributed by atoms with Crippen LogP contribution in [0.1, 0.15) is 26.2 Å². The predicted octanol–water partition coefficient (Wildman–Crippen LogP) is 1.10. The van der Waals surface area contributed by atoms with Crippen LogP contribution in [-0.4, -0.2) is 57.5 Å². The summed E-state index contributed by atoms with van der Waals surface area (Å²) in [6.45, 7) is 6.26. The van der Waals surface area contributed by atoms with Gasteiger partial charge in [0.15, 0.2) is 0 Å². The van der Waals surface area contributed by atoms with E-state index >= 15 is 0 Å². The normalized spacial score (nSPS) is 19.6. The molecule has 1 unspecified atom stereocenters. The molecular formula is C13H28N2O2. The Bertz CT molecular complexity index is 210. The Morgan fingerprint density at radius 3 is 2.59 bits per heavy atom. The minimum atomic E-state index is 0.0128. The first-order valence-corrected chi connectivity index (χ1v) is 6.60. The summed E-state index contributed by atoms with van der Waals surface area (Å²) in [5, 5.41) is 0. The van der Waals surface area contributed by atoms with Gasteiger partial charge < -0.3 is 15.2 Å². The second-order valence-electron chi connectivity index (χ2n) is 5.38. The first kappa shape index (κ1) is 14.9. The molecule has 0 bridgehead atoms. The monoisotopic (exact) mass is 244 g/mol. The molecule has 17 heavy (non-hydrogen) atoms. The molecule has 1 aliphatic rings. The van der Waals surface area contributed by atoms with Gasteiger partial charge in [-0.1, -0.05) is 0 Å². The maximum atomic E-state index is 5.87. The third kappa shape index (κ3) is 5.34. The minimum absolute atomic E-state index is 0.0128. The molecule has 4 heteroatoms. The largest absolute Gasteiger partial charge is 0.385 e. The van der Waals surface area contributed by atoms with Crippen molar-refractivity contribution in [3.63, 3.8) is 0 Å². The standard InChI is InChI=1S/C13H28N2O2/c1-13(11-14,6-8-16-3)15(2)7-9-17-10-12-4-5-12/h12H,4-11,14H2,1-3H3. The highest BCUT2D eigenvalue weighted by Crippen LogP contribution is 2.28. The van der Waals surface area contributed by atoms with Crippen molar-refractivity contribution < 1.29 is 9.47 Å². The van der Waals surface area contributed by atoms with Gasteiger partial charge in [-0.2, -0.15) is 0 Å². The van der Waals surface area contributed by atoms with Gasteiger partial charge in [-0.3, -0.25) is 4.90 Å². The van der Waals surface area contributed by atoms with Crippen molar-refractivity contribution in [1.82, 2.24) is 4.90 Å². The summed E-state index contributed by atoms with van der Waals surface area (Å²) in [4.78, 5) is 2.29. The molecule has 0 aromatic carbocycles. The van der Waals surface area contributed by atoms with Gasteiger partial charge in [0.1, 0.15) is 0 Å². The lowest BCUT2D eigenvalue weighted by Crippen LogP contribution is -2.51. The van der Waals surface area contributed by atoms with Crippen molar-refractivity contribution in [3.8, 4) is 0 Å². The number of hydrogen-bond donors (Lipinski definition) is 1. The van der Waals surface area contributed by atoms with Gasteiger partial charge in [0.2, 0.25) is 0 Å². The molecule has 1 atom stereocenters. The Labute approximate surface area is 105 Å². The van der Waals surface area contributed by atoms with Gasteiger partial charge in [0, 0.05) is 39.0 Å². The molecule has 0 aromatic heterocycles. The van der Waals surface area contributed by atoms with E-state index in [2.05, 4.69) is 18.9 Å². The van der Waals surface area contributed by atoms with E-state index in [1.54, 1.807) is 7.11 Å². The number of rotatable bonds is 10. The Hall–Kier alpha value is -0.160. The summed E-state index contributed by atoms with van der Waals surface area (Å²) in [6.07, 6.45) is 3.66. The Morgan fingerprint density at radius 2 is 2.06 bits per heavy atom. The highest BCUT2D eigenvalue weighted by Gasteiger charge is 2.27. The Kier molecular flexibility index (Phi) is 6.41. The van der Waals surface area contributed by atoms with Crippen LogP contribution in [0.2, 0.25) is 0 Å². The van der Waals surface area contributed by atoms with Crippen LogP contribution in [0.25, 0.3) is 0 Å². The summed E-state index contributed by atoms with van der Waals surface area (Å²) in [6, 6.07) is 0. The maximum Gasteiger partial charge on any atom is 0.0593 e. The summed E-state index contributed by atoms with van der Waals surface area (Å²) in [5.74, 6) is 0.842. The van der Waals surface area contributed by atoms with Crippen molar-refractivity contribution in [2.24, 2.45) is 11.7 Å². The second kappa shape index (κ2) is 7.31. The molecule has 0 amide bonds. The third-order valence-electron chi connectivity index (χ3n) is 3.83. The van der Waals surface area contributed by atoms with E-state index in [9.17, 15) is 0 Å². The van der Waals surface area contributed by atoms with Crippen molar-refractivity contribution in [1.29, 1.82) is 0 Å². The van der Waals surface area contributed by atoms with Gasteiger partial charge in [-0.25, -0.2) is 0 Å². The fraction of sp³-hybridized carbons (Fsp3) is 1.00. The van der Waals surface area contributed by atoms with Crippen LogP contribution >= 0.6 is 0 Å². The number of methoxy groups -OCH3 is 1. The SMILES string of the molecule is COCCC(C)(CN)N(C)CCOCC1CC1. The van der Waals surface area contributed by atoms with Crippen LogP contribution in [0.3, 0.4) is 0 Å². The first-order valence-electron chi connectivity index (χ1n) is 6.60. The van der Waals surface area contributed by atoms with E-state index in [1.807, 2.05) is 0 Å². The first-order chi connectivity index (χ1) is 8.12. The zero-order valence-electron chi connectivity index (χ0n) is 11.6. The lowest BCUT2D eigenvalue weighted by atomic mass is 9.96. The number of hydrogen-bond acceptors (Lipinski definition) is 4. The Balaban J connectivity index is 2.18. The van der Waals surface area contributed by atoms with E-state index in [1.165, 1.54) is 12.8 Å². The minimum Gasteiger partial charge on any atom is -0.385 e. The van der Waals surface area contributed by atoms with E-state index < -0.39 is 0 Å². The molecule has 0 spiro atoms. The fourth-order valence-electron chi connectivity index (χ4n) is 1.78. The van der Waals surface area contributed by atoms with E-state index in [-0.39, 0.29) is 5.54 Å². The number of ether oxygens (including phenoxy) is 2. The van der Waals surface area contributed by atoms with Gasteiger partial charge >= 0.3 is 0 Å². The summed E-state index contributed by atoms with van der Waals surface area (Å²) >= 11 is 0. The zero-order valence-corrected chi connectivity index (χ0v) is 11.6. The molecule has 1 aliphatic carbocycles. The molecule has 102 valence electrons. The quantitative estimate of drug-likeness (QED) is 0.585. The van der Waals surface area contributed by atoms with Crippen molar-refractivity contribution in [2.75, 3.05) is 47.1 Å². The van der Waals surface area contributed by atoms with Crippen molar-refractivity contribution >= 4 is 0 Å². The van der Waals surface area contributed by atoms with E-state index in [0.29, 0.717) is 6.54 Å². The van der Waals surface area contributed by atoms with Crippen molar-refractivity contribution in [3.05, 3.63) is 0 Å². The summed E-state index contributed by atoms with van der Waals surface area (Å²) in [7, 11) is 3.85. The lowest BCUT2D eigenvalue weighted by molar-refractivity contribution is 0.0485. The third-order valence-corrected chi connectivity index (χ3v) is 3.83. The van der Waals surface area contributed by atoms with Crippen LogP contribution in [0.4, 0.5) is 0 Å². The molecule has 0 saturated heterocycles. The Morgan fingerprint density at radius 1 is 1.35 bits per heavy atom. The molecule has 0 aliphatic heterocycles. The van der Waals surface area contributed by atoms with Crippen LogP contribution < -0.4 is 5.73 Å². The van der Waals surface area contributed by atoms with Crippen LogP contribution in [0.5, 0.6) is 0 Å². The number of nitrogens with two attached hydrogens (primary N) is 1. The number of nitrogens with zero attached hydrogens (tertiary/aromatic N) is 1. The highest BCUT2D eigenvalue weighted by atomic mass is 16.5. The van der Waals surface area contributed by atoms with Gasteiger partial charge in [0.05, 0.1) is 6.61 Å². The van der Waals surface area contributed by atoms with Gasteiger partial charge in [-0.15, -0.1) is 0 Å². The molecule has 1 rings (SSSR count). The highest BCUT2D eigenvalue weighted by molar-refractivity contribution is 4.85. The second-order valence-corrected chi connectivity index (χ2v) is 5.38. The summed E-state index contributed by atoms with van der Waals surface area (Å²) < 4.78 is 10.8. The lowest BCUT2D eigenvalue weighted by Gasteiger charge is -2.38. The average molecular weight is 244 g/mol. The molecular weight excluding hydrogens is 216 g/mol. The van der Waals surface area contributed by atoms with E-state index in [4.69, 9.17) is 15.2 Å². The van der Waals surface area contributed by atoms with Crippen LogP contribution in [0.15, 0.2) is 0 Å². The molecule has 0 radical (unpaired) electrons. The molecule has 1 saturated carbocycles. The van der Waals surface area contributed by atoms with E-state index in [0.717, 1.165) is 38.7 Å². The predicted molar refractivity (Wildman–Crippen MR) is 70.1 cm³/mol. The van der Waals surface area contributed by atoms with Crippen molar-refractivity contribution in [2.45, 2.75) is 31.7 Å². The molecule has 0 aromatic rings. The molecule has 0 heterocycles. The maximum absolute atomic E-state index is 5.87. The number of likely N-dealkylation sites (N-methyl/N-ethyl adjacent to an activating group) is 1. The van der Waals surface area contributed by atoms with Crippen LogP contribution in [0, 0.1) is 5.92 Å². The molecule has 2 N–H and O–H groups in total. The smallest absolute Gasteiger partial charge is 0.0593 e. The van der Waals surface area contributed by atoms with Gasteiger partial charge in [0.25, 0.3) is 0 Å². The average Bonchev–Trinajstić information content (AvgIpc) is 3.15. The fourth-order valence-corrected chi connectivity index (χ4v) is 1.78. The summed E-state index contributed by atoms with van der Waals surface area (Å²) in [5.41, 5.74) is 5.89. The van der Waals surface area contributed by atoms with Gasteiger partial charge in [-0.05, 0) is 39.2 Å². The topological polar surface area (TPSA) is 47.7 Å². The molecule has 4 nitrogen and oxygen atoms in total.